The fraction of sp³-hybridized carbons (Fsp3) is 0.261. The number of hydrogen-bond acceptors (Lipinski definition) is 3. The van der Waals surface area contributed by atoms with Crippen LogP contribution in [-0.2, 0) is 22.6 Å². The molecule has 0 spiro atoms. The zero-order valence-electron chi connectivity index (χ0n) is 15.7. The Balaban J connectivity index is 1.87. The van der Waals surface area contributed by atoms with Crippen LogP contribution in [0.1, 0.15) is 42.9 Å². The maximum atomic E-state index is 12.0. The summed E-state index contributed by atoms with van der Waals surface area (Å²) in [5.41, 5.74) is 3.08. The molecule has 4 heteroatoms. The van der Waals surface area contributed by atoms with Gasteiger partial charge in [-0.3, -0.25) is 9.59 Å². The first-order valence-electron chi connectivity index (χ1n) is 9.28. The second kappa shape index (κ2) is 10.9. The molecule has 2 aromatic rings. The van der Waals surface area contributed by atoms with E-state index in [0.717, 1.165) is 23.1 Å². The number of carbonyl (C=O) groups is 2. The lowest BCUT2D eigenvalue weighted by atomic mass is 10.0. The molecule has 0 saturated heterocycles. The van der Waals surface area contributed by atoms with Crippen molar-refractivity contribution >= 4 is 17.4 Å². The Kier molecular flexibility index (Phi) is 8.17. The number of allylic oxidation sites excluding steroid dienone is 2. The van der Waals surface area contributed by atoms with E-state index >= 15 is 0 Å². The minimum Gasteiger partial charge on any atom is -0.352 e. The molecule has 140 valence electrons. The third-order valence-corrected chi connectivity index (χ3v) is 4.14. The van der Waals surface area contributed by atoms with E-state index < -0.39 is 0 Å². The van der Waals surface area contributed by atoms with Gasteiger partial charge < -0.3 is 10.7 Å². The van der Waals surface area contributed by atoms with E-state index in [1.807, 2.05) is 61.5 Å². The van der Waals surface area contributed by atoms with Crippen molar-refractivity contribution < 1.29 is 9.59 Å². The summed E-state index contributed by atoms with van der Waals surface area (Å²) in [5.74, 6) is 0.0356. The first-order chi connectivity index (χ1) is 13.1. The highest BCUT2D eigenvalue weighted by molar-refractivity contribution is 6.09. The first-order valence-corrected chi connectivity index (χ1v) is 9.28. The Hall–Kier alpha value is -3.01. The predicted octanol–water partition coefficient (Wildman–Crippen LogP) is 4.23. The molecule has 0 bridgehead atoms. The van der Waals surface area contributed by atoms with Crippen LogP contribution < -0.4 is 5.32 Å². The Labute approximate surface area is 160 Å². The maximum Gasteiger partial charge on any atom is 0.220 e. The third kappa shape index (κ3) is 7.40. The van der Waals surface area contributed by atoms with Gasteiger partial charge in [-0.05, 0) is 47.8 Å². The Morgan fingerprint density at radius 1 is 0.963 bits per heavy atom. The third-order valence-electron chi connectivity index (χ3n) is 4.14. The van der Waals surface area contributed by atoms with Gasteiger partial charge in [0.05, 0.1) is 5.71 Å². The van der Waals surface area contributed by atoms with Crippen LogP contribution >= 0.6 is 0 Å². The Morgan fingerprint density at radius 2 is 1.70 bits per heavy atom. The van der Waals surface area contributed by atoms with Gasteiger partial charge in [-0.15, -0.1) is 0 Å². The summed E-state index contributed by atoms with van der Waals surface area (Å²) < 4.78 is 0. The largest absolute Gasteiger partial charge is 0.352 e. The van der Waals surface area contributed by atoms with Crippen LogP contribution in [0, 0.1) is 5.41 Å². The molecular weight excluding hydrogens is 336 g/mol. The molecule has 0 aromatic heterocycles. The van der Waals surface area contributed by atoms with Gasteiger partial charge in [0.15, 0.2) is 5.78 Å². The number of ketones is 1. The molecule has 0 aliphatic rings. The van der Waals surface area contributed by atoms with Crippen molar-refractivity contribution in [1.29, 1.82) is 5.41 Å². The lowest BCUT2D eigenvalue weighted by molar-refractivity contribution is -0.121. The minimum absolute atomic E-state index is 0.00610. The van der Waals surface area contributed by atoms with E-state index in [-0.39, 0.29) is 17.4 Å². The standard InChI is InChI=1S/C23H26N2O2/c1-2-7-23(27)25-17-19-10-6-11-20(16-19)22(24)15-14-21(26)13-12-18-8-4-3-5-9-18/h3-6,8-11,14-16,24H,2,7,12-13,17H2,1H3,(H,25,27)/b15-14-,24-22?. The summed E-state index contributed by atoms with van der Waals surface area (Å²) in [6.07, 6.45) is 5.48. The minimum atomic E-state index is 0.00610. The van der Waals surface area contributed by atoms with Crippen molar-refractivity contribution in [3.63, 3.8) is 0 Å². The van der Waals surface area contributed by atoms with Crippen molar-refractivity contribution in [1.82, 2.24) is 5.32 Å². The SMILES string of the molecule is CCCC(=O)NCc1cccc(C(=N)/C=C\C(=O)CCc2ccccc2)c1. The molecule has 2 rings (SSSR count). The zero-order chi connectivity index (χ0) is 19.5. The van der Waals surface area contributed by atoms with Crippen LogP contribution in [-0.4, -0.2) is 17.4 Å². The predicted molar refractivity (Wildman–Crippen MR) is 109 cm³/mol. The van der Waals surface area contributed by atoms with Gasteiger partial charge in [-0.1, -0.05) is 55.5 Å². The van der Waals surface area contributed by atoms with E-state index in [1.165, 1.54) is 6.08 Å². The second-order valence-corrected chi connectivity index (χ2v) is 6.43. The highest BCUT2D eigenvalue weighted by atomic mass is 16.1. The topological polar surface area (TPSA) is 70.0 Å². The molecule has 2 aromatic carbocycles. The van der Waals surface area contributed by atoms with E-state index in [1.54, 1.807) is 6.08 Å². The van der Waals surface area contributed by atoms with Crippen LogP contribution in [0.4, 0.5) is 0 Å². The fourth-order valence-corrected chi connectivity index (χ4v) is 2.63. The number of nitrogens with one attached hydrogen (secondary N) is 2. The average Bonchev–Trinajstić information content (AvgIpc) is 2.70. The van der Waals surface area contributed by atoms with E-state index in [2.05, 4.69) is 5.32 Å². The van der Waals surface area contributed by atoms with Crippen molar-refractivity contribution in [3.05, 3.63) is 83.4 Å². The molecule has 0 aliphatic carbocycles. The van der Waals surface area contributed by atoms with Crippen molar-refractivity contribution in [3.8, 4) is 0 Å². The van der Waals surface area contributed by atoms with Gasteiger partial charge in [-0.25, -0.2) is 0 Å². The van der Waals surface area contributed by atoms with Crippen LogP contribution in [0.15, 0.2) is 66.7 Å². The lowest BCUT2D eigenvalue weighted by Gasteiger charge is -2.06. The molecule has 0 fully saturated rings. The fourth-order valence-electron chi connectivity index (χ4n) is 2.63. The van der Waals surface area contributed by atoms with Gasteiger partial charge in [0.1, 0.15) is 0 Å². The Morgan fingerprint density at radius 3 is 2.44 bits per heavy atom. The van der Waals surface area contributed by atoms with E-state index in [9.17, 15) is 9.59 Å². The highest BCUT2D eigenvalue weighted by Gasteiger charge is 2.04. The number of rotatable bonds is 10. The van der Waals surface area contributed by atoms with Crippen molar-refractivity contribution in [2.24, 2.45) is 0 Å². The molecule has 0 heterocycles. The quantitative estimate of drug-likeness (QED) is 0.490. The zero-order valence-corrected chi connectivity index (χ0v) is 15.7. The summed E-state index contributed by atoms with van der Waals surface area (Å²) in [6.45, 7) is 2.41. The Bertz CT molecular complexity index is 810. The monoisotopic (exact) mass is 362 g/mol. The van der Waals surface area contributed by atoms with Gasteiger partial charge in [-0.2, -0.15) is 0 Å². The van der Waals surface area contributed by atoms with Crippen LogP contribution in [0.25, 0.3) is 0 Å². The van der Waals surface area contributed by atoms with E-state index in [4.69, 9.17) is 5.41 Å². The lowest BCUT2D eigenvalue weighted by Crippen LogP contribution is -2.22. The molecule has 0 aliphatic heterocycles. The molecule has 0 atom stereocenters. The normalized spacial score (nSPS) is 10.7. The van der Waals surface area contributed by atoms with Gasteiger partial charge in [0.25, 0.3) is 0 Å². The maximum absolute atomic E-state index is 12.0. The van der Waals surface area contributed by atoms with Gasteiger partial charge in [0.2, 0.25) is 5.91 Å². The van der Waals surface area contributed by atoms with Crippen LogP contribution in [0.5, 0.6) is 0 Å². The number of hydrogen-bond donors (Lipinski definition) is 2. The summed E-state index contributed by atoms with van der Waals surface area (Å²) in [7, 11) is 0. The van der Waals surface area contributed by atoms with Crippen molar-refractivity contribution in [2.75, 3.05) is 0 Å². The number of amides is 1. The second-order valence-electron chi connectivity index (χ2n) is 6.43. The van der Waals surface area contributed by atoms with E-state index in [0.29, 0.717) is 25.8 Å². The molecule has 0 saturated carbocycles. The molecule has 2 N–H and O–H groups in total. The number of carbonyl (C=O) groups excluding carboxylic acids is 2. The highest BCUT2D eigenvalue weighted by Crippen LogP contribution is 2.08. The molecule has 27 heavy (non-hydrogen) atoms. The molecule has 0 radical (unpaired) electrons. The summed E-state index contributed by atoms with van der Waals surface area (Å²) in [6, 6.07) is 17.4. The van der Waals surface area contributed by atoms with Crippen molar-refractivity contribution in [2.45, 2.75) is 39.2 Å². The average molecular weight is 362 g/mol. The number of aryl methyl sites for hydroxylation is 1. The molecular formula is C23H26N2O2. The molecule has 0 unspecified atom stereocenters. The summed E-state index contributed by atoms with van der Waals surface area (Å²) >= 11 is 0. The molecule has 1 amide bonds. The van der Waals surface area contributed by atoms with Crippen LogP contribution in [0.3, 0.4) is 0 Å². The van der Waals surface area contributed by atoms with Gasteiger partial charge >= 0.3 is 0 Å². The first kappa shape index (κ1) is 20.3. The molecule has 4 nitrogen and oxygen atoms in total. The summed E-state index contributed by atoms with van der Waals surface area (Å²) in [4.78, 5) is 23.6. The summed E-state index contributed by atoms with van der Waals surface area (Å²) in [5, 5.41) is 11.0. The smallest absolute Gasteiger partial charge is 0.220 e. The number of benzene rings is 2. The van der Waals surface area contributed by atoms with Gasteiger partial charge in [0, 0.05) is 19.4 Å². The van der Waals surface area contributed by atoms with Crippen LogP contribution in [0.2, 0.25) is 0 Å².